The highest BCUT2D eigenvalue weighted by Crippen LogP contribution is 2.30. The van der Waals surface area contributed by atoms with Crippen LogP contribution in [-0.2, 0) is 13.0 Å². The van der Waals surface area contributed by atoms with Gasteiger partial charge in [0, 0.05) is 42.3 Å². The average Bonchev–Trinajstić information content (AvgIpc) is 3.01. The zero-order valence-corrected chi connectivity index (χ0v) is 21.0. The number of aromatic hydroxyl groups is 1. The third-order valence-corrected chi connectivity index (χ3v) is 7.43. The number of phenolic OH excluding ortho intramolecular Hbond substituents is 1. The summed E-state index contributed by atoms with van der Waals surface area (Å²) in [5.74, 6) is 0.134. The molecule has 5 heteroatoms. The lowest BCUT2D eigenvalue weighted by Gasteiger charge is -2.20. The van der Waals surface area contributed by atoms with Gasteiger partial charge in [-0.05, 0) is 68.5 Å². The Kier molecular flexibility index (Phi) is 7.38. The number of likely N-dealkylation sites (tertiary alicyclic amines) is 1. The van der Waals surface area contributed by atoms with Crippen molar-refractivity contribution >= 4 is 16.8 Å². The molecule has 186 valence electrons. The van der Waals surface area contributed by atoms with Gasteiger partial charge in [0.05, 0.1) is 5.56 Å². The molecule has 1 unspecified atom stereocenters. The summed E-state index contributed by atoms with van der Waals surface area (Å²) in [6.45, 7) is 5.81. The lowest BCUT2D eigenvalue weighted by molar-refractivity contribution is 0.0934. The second kappa shape index (κ2) is 11.0. The molecular formula is C31H35N3O2. The van der Waals surface area contributed by atoms with Gasteiger partial charge in [-0.3, -0.25) is 4.79 Å². The van der Waals surface area contributed by atoms with Gasteiger partial charge in [0.2, 0.25) is 0 Å². The number of carbonyl (C=O) groups is 1. The van der Waals surface area contributed by atoms with E-state index in [0.29, 0.717) is 12.1 Å². The SMILES string of the molecule is Cc1c(C(=O)NC2CCCN(CCc3ccccc3)CC2)c2cc(O)ccc2n1Cc1ccccc1. The van der Waals surface area contributed by atoms with Crippen LogP contribution in [0.5, 0.6) is 5.75 Å². The second-order valence-electron chi connectivity index (χ2n) is 9.91. The first-order valence-corrected chi connectivity index (χ1v) is 13.0. The van der Waals surface area contributed by atoms with E-state index in [1.807, 2.05) is 31.2 Å². The van der Waals surface area contributed by atoms with Gasteiger partial charge < -0.3 is 19.9 Å². The van der Waals surface area contributed by atoms with Gasteiger partial charge in [0.1, 0.15) is 5.75 Å². The van der Waals surface area contributed by atoms with E-state index in [9.17, 15) is 9.90 Å². The van der Waals surface area contributed by atoms with E-state index in [1.54, 1.807) is 12.1 Å². The molecule has 1 atom stereocenters. The highest BCUT2D eigenvalue weighted by Gasteiger charge is 2.24. The molecule has 4 aromatic rings. The standard InChI is InChI=1S/C31H35N3O2/c1-23-30(28-21-27(35)14-15-29(28)34(23)22-25-11-6-3-7-12-25)31(36)32-26-13-8-18-33(20-17-26)19-16-24-9-4-2-5-10-24/h2-7,9-12,14-15,21,26,35H,8,13,16-20,22H2,1H3,(H,32,36). The minimum Gasteiger partial charge on any atom is -0.508 e. The van der Waals surface area contributed by atoms with Gasteiger partial charge >= 0.3 is 0 Å². The summed E-state index contributed by atoms with van der Waals surface area (Å²) in [5.41, 5.74) is 5.11. The Morgan fingerprint density at radius 1 is 0.944 bits per heavy atom. The molecule has 0 aliphatic carbocycles. The number of hydrogen-bond donors (Lipinski definition) is 2. The largest absolute Gasteiger partial charge is 0.508 e. The fraction of sp³-hybridized carbons (Fsp3) is 0.323. The van der Waals surface area contributed by atoms with E-state index in [0.717, 1.165) is 61.9 Å². The van der Waals surface area contributed by atoms with Crippen LogP contribution in [0, 0.1) is 6.92 Å². The van der Waals surface area contributed by atoms with Crippen LogP contribution in [0.4, 0.5) is 0 Å². The zero-order chi connectivity index (χ0) is 24.9. The Bertz CT molecular complexity index is 1310. The van der Waals surface area contributed by atoms with Crippen LogP contribution in [0.1, 0.15) is 46.4 Å². The number of amides is 1. The molecule has 1 saturated heterocycles. The molecule has 3 aromatic carbocycles. The van der Waals surface area contributed by atoms with Gasteiger partial charge in [-0.1, -0.05) is 60.7 Å². The molecule has 0 spiro atoms. The van der Waals surface area contributed by atoms with Gasteiger partial charge in [0.15, 0.2) is 0 Å². The maximum atomic E-state index is 13.6. The van der Waals surface area contributed by atoms with Crippen molar-refractivity contribution < 1.29 is 9.90 Å². The van der Waals surface area contributed by atoms with Crippen LogP contribution in [-0.4, -0.2) is 46.2 Å². The highest BCUT2D eigenvalue weighted by atomic mass is 16.3. The lowest BCUT2D eigenvalue weighted by atomic mass is 10.1. The van der Waals surface area contributed by atoms with Gasteiger partial charge in [-0.15, -0.1) is 0 Å². The average molecular weight is 482 g/mol. The molecule has 2 N–H and O–H groups in total. The minimum atomic E-state index is -0.0438. The Labute approximate surface area is 213 Å². The summed E-state index contributed by atoms with van der Waals surface area (Å²) in [5, 5.41) is 14.3. The number of nitrogens with zero attached hydrogens (tertiary/aromatic N) is 2. The van der Waals surface area contributed by atoms with Crippen LogP contribution in [0.15, 0.2) is 78.9 Å². The molecule has 36 heavy (non-hydrogen) atoms. The lowest BCUT2D eigenvalue weighted by Crippen LogP contribution is -2.36. The number of fused-ring (bicyclic) bond motifs is 1. The second-order valence-corrected chi connectivity index (χ2v) is 9.91. The number of carbonyl (C=O) groups excluding carboxylic acids is 1. The normalized spacial score (nSPS) is 16.6. The molecule has 0 bridgehead atoms. The first kappa shape index (κ1) is 24.1. The molecule has 1 amide bonds. The highest BCUT2D eigenvalue weighted by molar-refractivity contribution is 6.09. The third kappa shape index (κ3) is 5.47. The maximum Gasteiger partial charge on any atom is 0.253 e. The van der Waals surface area contributed by atoms with Crippen molar-refractivity contribution in [1.82, 2.24) is 14.8 Å². The number of benzene rings is 3. The smallest absolute Gasteiger partial charge is 0.253 e. The third-order valence-electron chi connectivity index (χ3n) is 7.43. The fourth-order valence-electron chi connectivity index (χ4n) is 5.44. The number of nitrogens with one attached hydrogen (secondary N) is 1. The molecule has 2 heterocycles. The Morgan fingerprint density at radius 2 is 1.67 bits per heavy atom. The molecule has 0 saturated carbocycles. The first-order valence-electron chi connectivity index (χ1n) is 13.0. The predicted molar refractivity (Wildman–Crippen MR) is 146 cm³/mol. The van der Waals surface area contributed by atoms with Crippen molar-refractivity contribution in [2.24, 2.45) is 0 Å². The van der Waals surface area contributed by atoms with Gasteiger partial charge in [0.25, 0.3) is 5.91 Å². The van der Waals surface area contributed by atoms with Crippen LogP contribution in [0.25, 0.3) is 10.9 Å². The molecular weight excluding hydrogens is 446 g/mol. The van der Waals surface area contributed by atoms with Crippen LogP contribution in [0.2, 0.25) is 0 Å². The Hall–Kier alpha value is -3.57. The van der Waals surface area contributed by atoms with E-state index in [4.69, 9.17) is 0 Å². The Morgan fingerprint density at radius 3 is 2.42 bits per heavy atom. The number of phenols is 1. The van der Waals surface area contributed by atoms with Crippen molar-refractivity contribution in [2.75, 3.05) is 19.6 Å². The summed E-state index contributed by atoms with van der Waals surface area (Å²) in [6, 6.07) is 26.4. The molecule has 1 aromatic heterocycles. The molecule has 1 aliphatic heterocycles. The molecule has 1 aliphatic rings. The number of rotatable bonds is 7. The van der Waals surface area contributed by atoms with Crippen LogP contribution in [0.3, 0.4) is 0 Å². The summed E-state index contributed by atoms with van der Waals surface area (Å²) in [6.07, 6.45) is 4.07. The minimum absolute atomic E-state index is 0.0438. The van der Waals surface area contributed by atoms with Crippen molar-refractivity contribution in [3.63, 3.8) is 0 Å². The summed E-state index contributed by atoms with van der Waals surface area (Å²) >= 11 is 0. The molecule has 1 fully saturated rings. The van der Waals surface area contributed by atoms with E-state index in [2.05, 4.69) is 57.2 Å². The van der Waals surface area contributed by atoms with Crippen LogP contribution >= 0.6 is 0 Å². The molecule has 5 rings (SSSR count). The van der Waals surface area contributed by atoms with Crippen LogP contribution < -0.4 is 5.32 Å². The zero-order valence-electron chi connectivity index (χ0n) is 21.0. The van der Waals surface area contributed by atoms with Gasteiger partial charge in [-0.25, -0.2) is 0 Å². The number of hydrogen-bond acceptors (Lipinski definition) is 3. The topological polar surface area (TPSA) is 57.5 Å². The van der Waals surface area contributed by atoms with Crippen molar-refractivity contribution in [2.45, 2.75) is 45.2 Å². The maximum absolute atomic E-state index is 13.6. The summed E-state index contributed by atoms with van der Waals surface area (Å²) in [7, 11) is 0. The van der Waals surface area contributed by atoms with E-state index in [1.165, 1.54) is 11.1 Å². The number of aromatic nitrogens is 1. The monoisotopic (exact) mass is 481 g/mol. The predicted octanol–water partition coefficient (Wildman–Crippen LogP) is 5.53. The molecule has 5 nitrogen and oxygen atoms in total. The first-order chi connectivity index (χ1) is 17.6. The van der Waals surface area contributed by atoms with E-state index in [-0.39, 0.29) is 17.7 Å². The quantitative estimate of drug-likeness (QED) is 0.365. The van der Waals surface area contributed by atoms with E-state index >= 15 is 0 Å². The fourth-order valence-corrected chi connectivity index (χ4v) is 5.44. The van der Waals surface area contributed by atoms with Gasteiger partial charge in [-0.2, -0.15) is 0 Å². The molecule has 0 radical (unpaired) electrons. The Balaban J connectivity index is 1.29. The van der Waals surface area contributed by atoms with Crippen molar-refractivity contribution in [3.8, 4) is 5.75 Å². The summed E-state index contributed by atoms with van der Waals surface area (Å²) < 4.78 is 2.18. The van der Waals surface area contributed by atoms with E-state index < -0.39 is 0 Å². The van der Waals surface area contributed by atoms with Crippen molar-refractivity contribution in [3.05, 3.63) is 101 Å². The summed E-state index contributed by atoms with van der Waals surface area (Å²) in [4.78, 5) is 16.1. The van der Waals surface area contributed by atoms with Crippen molar-refractivity contribution in [1.29, 1.82) is 0 Å².